The molecule has 0 spiro atoms. The third kappa shape index (κ3) is 2.63. The van der Waals surface area contributed by atoms with Gasteiger partial charge in [0.25, 0.3) is 0 Å². The van der Waals surface area contributed by atoms with Gasteiger partial charge >= 0.3 is 0 Å². The number of aliphatic hydroxyl groups excluding tert-OH is 1. The lowest BCUT2D eigenvalue weighted by Crippen LogP contribution is -2.45. The summed E-state index contributed by atoms with van der Waals surface area (Å²) in [7, 11) is 3.10. The maximum atomic E-state index is 13.6. The zero-order valence-electron chi connectivity index (χ0n) is 10.4. The molecule has 1 aromatic rings. The number of aliphatic hydroxyl groups is 1. The Kier molecular flexibility index (Phi) is 3.87. The third-order valence-electron chi connectivity index (χ3n) is 2.76. The van der Waals surface area contributed by atoms with Crippen LogP contribution in [0.5, 0.6) is 0 Å². The van der Waals surface area contributed by atoms with Crippen molar-refractivity contribution in [2.24, 2.45) is 0 Å². The number of nitrogens with zero attached hydrogens (tertiary/aromatic N) is 2. The van der Waals surface area contributed by atoms with Gasteiger partial charge in [-0.3, -0.25) is 0 Å². The molecule has 0 aliphatic heterocycles. The van der Waals surface area contributed by atoms with Gasteiger partial charge in [0.2, 0.25) is 0 Å². The van der Waals surface area contributed by atoms with Crippen LogP contribution < -0.4 is 10.2 Å². The Hall–Kier alpha value is -1.43. The van der Waals surface area contributed by atoms with Gasteiger partial charge < -0.3 is 15.3 Å². The Bertz CT molecular complexity index is 410. The van der Waals surface area contributed by atoms with Crippen molar-refractivity contribution in [3.63, 3.8) is 0 Å². The van der Waals surface area contributed by atoms with Crippen LogP contribution in [0.4, 0.5) is 20.4 Å². The number of halogens is 2. The van der Waals surface area contributed by atoms with E-state index in [1.54, 1.807) is 20.9 Å². The molecular weight excluding hydrogens is 228 g/mol. The number of likely N-dealkylation sites (N-methyl/N-ethyl adjacent to an activating group) is 1. The normalized spacial score (nSPS) is 11.5. The molecule has 0 unspecified atom stereocenters. The molecule has 2 N–H and O–H groups in total. The first kappa shape index (κ1) is 13.6. The fourth-order valence-corrected chi connectivity index (χ4v) is 1.26. The van der Waals surface area contributed by atoms with Gasteiger partial charge in [0.1, 0.15) is 0 Å². The number of pyridine rings is 1. The van der Waals surface area contributed by atoms with Crippen LogP contribution in [0.3, 0.4) is 0 Å². The second kappa shape index (κ2) is 4.83. The summed E-state index contributed by atoms with van der Waals surface area (Å²) >= 11 is 0. The Morgan fingerprint density at radius 2 is 2.00 bits per heavy atom. The molecule has 0 saturated heterocycles. The molecule has 0 saturated carbocycles. The average molecular weight is 245 g/mol. The zero-order chi connectivity index (χ0) is 13.2. The lowest BCUT2D eigenvalue weighted by atomic mass is 10.1. The molecule has 96 valence electrons. The van der Waals surface area contributed by atoms with E-state index in [1.807, 2.05) is 0 Å². The molecular formula is C11H17F2N3O. The first-order chi connectivity index (χ1) is 7.83. The van der Waals surface area contributed by atoms with Crippen LogP contribution in [-0.4, -0.2) is 36.3 Å². The van der Waals surface area contributed by atoms with E-state index in [2.05, 4.69) is 10.3 Å². The molecule has 4 nitrogen and oxygen atoms in total. The molecule has 0 aliphatic rings. The highest BCUT2D eigenvalue weighted by molar-refractivity contribution is 5.50. The molecule has 0 bridgehead atoms. The van der Waals surface area contributed by atoms with E-state index in [9.17, 15) is 13.9 Å². The second-order valence-corrected chi connectivity index (χ2v) is 4.40. The molecule has 0 aliphatic carbocycles. The van der Waals surface area contributed by atoms with Crippen molar-refractivity contribution in [3.05, 3.63) is 17.7 Å². The van der Waals surface area contributed by atoms with E-state index in [0.717, 1.165) is 6.07 Å². The van der Waals surface area contributed by atoms with E-state index in [1.165, 1.54) is 11.9 Å². The summed E-state index contributed by atoms with van der Waals surface area (Å²) in [6, 6.07) is 0.776. The molecule has 17 heavy (non-hydrogen) atoms. The van der Waals surface area contributed by atoms with E-state index in [4.69, 9.17) is 0 Å². The van der Waals surface area contributed by atoms with E-state index in [-0.39, 0.29) is 18.2 Å². The first-order valence-electron chi connectivity index (χ1n) is 5.22. The van der Waals surface area contributed by atoms with Crippen LogP contribution >= 0.6 is 0 Å². The Morgan fingerprint density at radius 1 is 1.41 bits per heavy atom. The van der Waals surface area contributed by atoms with Crippen molar-refractivity contribution in [2.75, 3.05) is 30.9 Å². The van der Waals surface area contributed by atoms with Crippen LogP contribution in [0, 0.1) is 11.6 Å². The summed E-state index contributed by atoms with van der Waals surface area (Å²) in [6.45, 7) is 3.30. The van der Waals surface area contributed by atoms with Crippen LogP contribution in [-0.2, 0) is 0 Å². The van der Waals surface area contributed by atoms with Crippen molar-refractivity contribution in [1.82, 2.24) is 4.98 Å². The molecule has 0 atom stereocenters. The van der Waals surface area contributed by atoms with Gasteiger partial charge in [-0.25, -0.2) is 13.8 Å². The third-order valence-corrected chi connectivity index (χ3v) is 2.76. The highest BCUT2D eigenvalue weighted by Gasteiger charge is 2.27. The van der Waals surface area contributed by atoms with Gasteiger partial charge in [-0.2, -0.15) is 0 Å². The van der Waals surface area contributed by atoms with Crippen LogP contribution in [0.1, 0.15) is 13.8 Å². The van der Waals surface area contributed by atoms with E-state index in [0.29, 0.717) is 0 Å². The summed E-state index contributed by atoms with van der Waals surface area (Å²) in [4.78, 5) is 5.33. The molecule has 0 aromatic carbocycles. The van der Waals surface area contributed by atoms with Crippen molar-refractivity contribution in [2.45, 2.75) is 19.4 Å². The quantitative estimate of drug-likeness (QED) is 0.846. The predicted octanol–water partition coefficient (Wildman–Crippen LogP) is 1.61. The average Bonchev–Trinajstić information content (AvgIpc) is 2.28. The predicted molar refractivity (Wildman–Crippen MR) is 63.3 cm³/mol. The Morgan fingerprint density at radius 3 is 2.47 bits per heavy atom. The van der Waals surface area contributed by atoms with Gasteiger partial charge in [-0.15, -0.1) is 0 Å². The molecule has 1 rings (SSSR count). The SMILES string of the molecule is CNc1nc(N(C)C(C)(C)CO)c(F)cc1F. The summed E-state index contributed by atoms with van der Waals surface area (Å²) in [6.07, 6.45) is 0. The highest BCUT2D eigenvalue weighted by atomic mass is 19.1. The highest BCUT2D eigenvalue weighted by Crippen LogP contribution is 2.26. The number of hydrogen-bond donors (Lipinski definition) is 2. The van der Waals surface area contributed by atoms with Crippen LogP contribution in [0.25, 0.3) is 0 Å². The van der Waals surface area contributed by atoms with Crippen LogP contribution in [0.2, 0.25) is 0 Å². The molecule has 1 aromatic heterocycles. The first-order valence-corrected chi connectivity index (χ1v) is 5.22. The number of rotatable bonds is 4. The van der Waals surface area contributed by atoms with Crippen molar-refractivity contribution >= 4 is 11.6 Å². The fraction of sp³-hybridized carbons (Fsp3) is 0.545. The summed E-state index contributed by atoms with van der Waals surface area (Å²) in [5, 5.41) is 11.8. The van der Waals surface area contributed by atoms with Gasteiger partial charge in [-0.1, -0.05) is 0 Å². The minimum Gasteiger partial charge on any atom is -0.394 e. The smallest absolute Gasteiger partial charge is 0.168 e. The van der Waals surface area contributed by atoms with E-state index >= 15 is 0 Å². The van der Waals surface area contributed by atoms with Gasteiger partial charge in [0, 0.05) is 20.2 Å². The minimum atomic E-state index is -0.759. The summed E-state index contributed by atoms with van der Waals surface area (Å²) < 4.78 is 26.9. The monoisotopic (exact) mass is 245 g/mol. The van der Waals surface area contributed by atoms with Crippen molar-refractivity contribution in [1.29, 1.82) is 0 Å². The number of anilines is 2. The molecule has 6 heteroatoms. The zero-order valence-corrected chi connectivity index (χ0v) is 10.4. The minimum absolute atomic E-state index is 0.00481. The number of aromatic nitrogens is 1. The maximum absolute atomic E-state index is 13.6. The summed E-state index contributed by atoms with van der Waals surface area (Å²) in [5.41, 5.74) is -0.684. The van der Waals surface area contributed by atoms with E-state index < -0.39 is 17.2 Å². The molecule has 0 amide bonds. The Labute approximate surface area is 99.3 Å². The standard InChI is InChI=1S/C11H17F2N3O/c1-11(2,6-17)16(4)10-8(13)5-7(12)9(14-3)15-10/h5,17H,6H2,1-4H3,(H,14,15). The van der Waals surface area contributed by atoms with Gasteiger partial charge in [0.05, 0.1) is 12.1 Å². The largest absolute Gasteiger partial charge is 0.394 e. The van der Waals surface area contributed by atoms with Crippen LogP contribution in [0.15, 0.2) is 6.07 Å². The van der Waals surface area contributed by atoms with Crippen molar-refractivity contribution in [3.8, 4) is 0 Å². The second-order valence-electron chi connectivity index (χ2n) is 4.40. The number of nitrogens with one attached hydrogen (secondary N) is 1. The van der Waals surface area contributed by atoms with Gasteiger partial charge in [0.15, 0.2) is 23.3 Å². The molecule has 0 radical (unpaired) electrons. The van der Waals surface area contributed by atoms with Crippen molar-refractivity contribution < 1.29 is 13.9 Å². The lowest BCUT2D eigenvalue weighted by molar-refractivity contribution is 0.215. The maximum Gasteiger partial charge on any atom is 0.168 e. The number of hydrogen-bond acceptors (Lipinski definition) is 4. The molecule has 0 fully saturated rings. The van der Waals surface area contributed by atoms with Gasteiger partial charge in [-0.05, 0) is 13.8 Å². The summed E-state index contributed by atoms with van der Waals surface area (Å²) in [5.74, 6) is -1.54. The fourth-order valence-electron chi connectivity index (χ4n) is 1.26. The molecule has 1 heterocycles. The Balaban J connectivity index is 3.22. The lowest BCUT2D eigenvalue weighted by Gasteiger charge is -2.35. The topological polar surface area (TPSA) is 48.4 Å².